The normalized spacial score (nSPS) is 14.7. The Morgan fingerprint density at radius 1 is 1.35 bits per heavy atom. The van der Waals surface area contributed by atoms with Gasteiger partial charge in [-0.1, -0.05) is 36.4 Å². The van der Waals surface area contributed by atoms with Crippen molar-refractivity contribution in [1.29, 1.82) is 0 Å². The number of carbonyl (C=O) groups excluding carboxylic acids is 1. The van der Waals surface area contributed by atoms with Crippen molar-refractivity contribution in [2.75, 3.05) is 23.8 Å². The minimum absolute atomic E-state index is 0.0464. The lowest BCUT2D eigenvalue weighted by atomic mass is 10.1. The maximum atomic E-state index is 11.7. The van der Waals surface area contributed by atoms with Crippen LogP contribution in [0, 0.1) is 0 Å². The molecule has 2 heterocycles. The van der Waals surface area contributed by atoms with Crippen LogP contribution in [0.3, 0.4) is 0 Å². The maximum absolute atomic E-state index is 11.7. The molecule has 1 aliphatic rings. The van der Waals surface area contributed by atoms with Gasteiger partial charge in [0.05, 0.1) is 6.20 Å². The molecule has 136 valence electrons. The van der Waals surface area contributed by atoms with Crippen LogP contribution in [0.5, 0.6) is 0 Å². The van der Waals surface area contributed by atoms with Crippen LogP contribution in [0.25, 0.3) is 0 Å². The second-order valence-electron chi connectivity index (χ2n) is 6.05. The predicted octanol–water partition coefficient (Wildman–Crippen LogP) is 3.76. The second-order valence-corrected chi connectivity index (χ2v) is 6.46. The van der Waals surface area contributed by atoms with Gasteiger partial charge in [0, 0.05) is 31.4 Å². The average Bonchev–Trinajstić information content (AvgIpc) is 2.66. The van der Waals surface area contributed by atoms with Crippen LogP contribution < -0.4 is 10.6 Å². The minimum Gasteiger partial charge on any atom is -0.381 e. The molecule has 2 N–H and O–H groups in total. The molecule has 0 amide bonds. The van der Waals surface area contributed by atoms with Crippen LogP contribution >= 0.6 is 11.6 Å². The van der Waals surface area contributed by atoms with Crippen LogP contribution in [0.1, 0.15) is 18.4 Å². The molecule has 0 radical (unpaired) electrons. The smallest absolute Gasteiger partial charge is 0.224 e. The summed E-state index contributed by atoms with van der Waals surface area (Å²) in [6, 6.07) is 7.84. The summed E-state index contributed by atoms with van der Waals surface area (Å²) < 4.78 is 5.36. The molecule has 0 unspecified atom stereocenters. The fourth-order valence-electron chi connectivity index (χ4n) is 2.73. The van der Waals surface area contributed by atoms with E-state index < -0.39 is 0 Å². The van der Waals surface area contributed by atoms with Gasteiger partial charge in [-0.25, -0.2) is 4.98 Å². The lowest BCUT2D eigenvalue weighted by molar-refractivity contribution is -0.114. The van der Waals surface area contributed by atoms with Crippen molar-refractivity contribution in [2.45, 2.75) is 25.3 Å². The van der Waals surface area contributed by atoms with E-state index in [-0.39, 0.29) is 18.2 Å². The average molecular weight is 373 g/mol. The molecule has 0 spiro atoms. The molecule has 26 heavy (non-hydrogen) atoms. The Kier molecular flexibility index (Phi) is 6.20. The highest BCUT2D eigenvalue weighted by Gasteiger charge is 2.16. The molecular weight excluding hydrogens is 352 g/mol. The van der Waals surface area contributed by atoms with E-state index in [1.807, 2.05) is 24.3 Å². The van der Waals surface area contributed by atoms with E-state index in [1.165, 1.54) is 6.08 Å². The molecule has 3 rings (SSSR count). The second kappa shape index (κ2) is 8.78. The number of allylic oxidation sites excluding steroid dienone is 1. The number of halogens is 1. The van der Waals surface area contributed by atoms with Gasteiger partial charge in [0.1, 0.15) is 5.02 Å². The summed E-state index contributed by atoms with van der Waals surface area (Å²) >= 11 is 6.26. The molecule has 0 aliphatic carbocycles. The van der Waals surface area contributed by atoms with E-state index in [2.05, 4.69) is 27.2 Å². The van der Waals surface area contributed by atoms with Gasteiger partial charge in [-0.15, -0.1) is 0 Å². The van der Waals surface area contributed by atoms with Gasteiger partial charge in [0.15, 0.2) is 11.6 Å². The fourth-order valence-corrected chi connectivity index (χ4v) is 2.87. The number of hydrogen-bond acceptors (Lipinski definition) is 6. The van der Waals surface area contributed by atoms with Crippen LogP contribution in [0.4, 0.5) is 17.5 Å². The molecule has 0 atom stereocenters. The molecule has 6 nitrogen and oxygen atoms in total. The largest absolute Gasteiger partial charge is 0.381 e. The quantitative estimate of drug-likeness (QED) is 0.720. The number of ether oxygens (including phenoxy) is 1. The van der Waals surface area contributed by atoms with Crippen molar-refractivity contribution in [3.8, 4) is 0 Å². The van der Waals surface area contributed by atoms with Gasteiger partial charge in [-0.2, -0.15) is 4.98 Å². The van der Waals surface area contributed by atoms with Crippen LogP contribution in [-0.2, 0) is 16.0 Å². The Morgan fingerprint density at radius 3 is 2.88 bits per heavy atom. The van der Waals surface area contributed by atoms with E-state index in [1.54, 1.807) is 6.20 Å². The first-order chi connectivity index (χ1) is 12.7. The van der Waals surface area contributed by atoms with E-state index in [9.17, 15) is 4.79 Å². The summed E-state index contributed by atoms with van der Waals surface area (Å²) in [4.78, 5) is 20.5. The number of nitrogens with one attached hydrogen (secondary N) is 2. The highest BCUT2D eigenvalue weighted by atomic mass is 35.5. The van der Waals surface area contributed by atoms with Crippen LogP contribution in [-0.4, -0.2) is 35.0 Å². The van der Waals surface area contributed by atoms with Crippen molar-refractivity contribution >= 4 is 34.8 Å². The van der Waals surface area contributed by atoms with Crippen LogP contribution in [0.15, 0.2) is 43.1 Å². The topological polar surface area (TPSA) is 76.1 Å². The third kappa shape index (κ3) is 4.80. The number of hydrogen-bond donors (Lipinski definition) is 2. The van der Waals surface area contributed by atoms with Crippen molar-refractivity contribution < 1.29 is 9.53 Å². The number of carbonyl (C=O) groups is 1. The van der Waals surface area contributed by atoms with E-state index >= 15 is 0 Å². The molecule has 0 saturated carbocycles. The number of para-hydroxylation sites is 1. The van der Waals surface area contributed by atoms with Gasteiger partial charge < -0.3 is 15.4 Å². The molecule has 1 aromatic heterocycles. The predicted molar refractivity (Wildman–Crippen MR) is 103 cm³/mol. The standard InChI is InChI=1S/C19H21ClN4O2/c1-2-15(25)11-13-5-3-4-6-17(13)23-18-16(20)12-21-19(24-18)22-14-7-9-26-10-8-14/h2-6,12,14H,1,7-11H2,(H2,21,22,23,24). The number of benzene rings is 1. The van der Waals surface area contributed by atoms with Crippen molar-refractivity contribution in [2.24, 2.45) is 0 Å². The summed E-state index contributed by atoms with van der Waals surface area (Å²) in [7, 11) is 0. The molecule has 1 fully saturated rings. The zero-order valence-corrected chi connectivity index (χ0v) is 15.1. The summed E-state index contributed by atoms with van der Waals surface area (Å²) in [5, 5.41) is 6.95. The first-order valence-electron chi connectivity index (χ1n) is 8.52. The molecule has 1 saturated heterocycles. The number of nitrogens with zero attached hydrogens (tertiary/aromatic N) is 2. The van der Waals surface area contributed by atoms with E-state index in [0.29, 0.717) is 16.8 Å². The van der Waals surface area contributed by atoms with Crippen molar-refractivity contribution in [1.82, 2.24) is 9.97 Å². The van der Waals surface area contributed by atoms with Crippen molar-refractivity contribution in [3.63, 3.8) is 0 Å². The maximum Gasteiger partial charge on any atom is 0.224 e. The fraction of sp³-hybridized carbons (Fsp3) is 0.316. The molecule has 0 bridgehead atoms. The third-order valence-corrected chi connectivity index (χ3v) is 4.44. The van der Waals surface area contributed by atoms with E-state index in [4.69, 9.17) is 16.3 Å². The van der Waals surface area contributed by atoms with Crippen LogP contribution in [0.2, 0.25) is 5.02 Å². The summed E-state index contributed by atoms with van der Waals surface area (Å²) in [6.45, 7) is 5.00. The number of anilines is 3. The van der Waals surface area contributed by atoms with Gasteiger partial charge in [0.2, 0.25) is 5.95 Å². The Labute approximate surface area is 157 Å². The molecular formula is C19H21ClN4O2. The summed E-state index contributed by atoms with van der Waals surface area (Å²) in [5.74, 6) is 0.966. The number of ketones is 1. The molecule has 2 aromatic rings. The number of rotatable bonds is 7. The monoisotopic (exact) mass is 372 g/mol. The molecule has 1 aliphatic heterocycles. The van der Waals surface area contributed by atoms with Gasteiger partial charge in [-0.05, 0) is 30.5 Å². The van der Waals surface area contributed by atoms with Gasteiger partial charge in [0.25, 0.3) is 0 Å². The van der Waals surface area contributed by atoms with Crippen molar-refractivity contribution in [3.05, 3.63) is 53.7 Å². The lowest BCUT2D eigenvalue weighted by Gasteiger charge is -2.23. The number of aromatic nitrogens is 2. The zero-order valence-electron chi connectivity index (χ0n) is 14.4. The highest BCUT2D eigenvalue weighted by molar-refractivity contribution is 6.32. The highest BCUT2D eigenvalue weighted by Crippen LogP contribution is 2.26. The van der Waals surface area contributed by atoms with Gasteiger partial charge in [-0.3, -0.25) is 4.79 Å². The lowest BCUT2D eigenvalue weighted by Crippen LogP contribution is -2.28. The Balaban J connectivity index is 1.78. The Bertz CT molecular complexity index is 791. The first kappa shape index (κ1) is 18.4. The minimum atomic E-state index is -0.0464. The zero-order chi connectivity index (χ0) is 18.4. The SMILES string of the molecule is C=CC(=O)Cc1ccccc1Nc1nc(NC2CCOCC2)ncc1Cl. The Morgan fingerprint density at radius 2 is 2.12 bits per heavy atom. The van der Waals surface area contributed by atoms with Gasteiger partial charge >= 0.3 is 0 Å². The third-order valence-electron chi connectivity index (χ3n) is 4.16. The Hall–Kier alpha value is -2.44. The molecule has 7 heteroatoms. The summed E-state index contributed by atoms with van der Waals surface area (Å²) in [6.07, 6.45) is 4.99. The van der Waals surface area contributed by atoms with E-state index in [0.717, 1.165) is 37.3 Å². The summed E-state index contributed by atoms with van der Waals surface area (Å²) in [5.41, 5.74) is 1.63. The first-order valence-corrected chi connectivity index (χ1v) is 8.90. The molecule has 1 aromatic carbocycles.